The van der Waals surface area contributed by atoms with Crippen molar-refractivity contribution < 1.29 is 0 Å². The maximum atomic E-state index is 4.79. The van der Waals surface area contributed by atoms with Crippen LogP contribution in [0.2, 0.25) is 0 Å². The number of nitrogens with zero attached hydrogens (tertiary/aromatic N) is 1. The Balaban J connectivity index is 0.916. The molecule has 0 N–H and O–H groups in total. The summed E-state index contributed by atoms with van der Waals surface area (Å²) in [6, 6.07) is 70.7. The first-order chi connectivity index (χ1) is 31.2. The molecule has 64 heavy (non-hydrogen) atoms. The van der Waals surface area contributed by atoms with E-state index in [0.717, 1.165) is 0 Å². The van der Waals surface area contributed by atoms with Crippen LogP contribution in [0.5, 0.6) is 0 Å². The minimum Gasteiger partial charge on any atom is -0.264 e. The second-order valence-corrected chi connectivity index (χ2v) is 19.1. The molecule has 302 valence electrons. The fourth-order valence-electron chi connectivity index (χ4n) is 11.5. The Labute approximate surface area is 374 Å². The van der Waals surface area contributed by atoms with Gasteiger partial charge in [-0.25, -0.2) is 0 Å². The van der Waals surface area contributed by atoms with Gasteiger partial charge in [0.05, 0.1) is 0 Å². The Morgan fingerprint density at radius 2 is 0.641 bits per heavy atom. The van der Waals surface area contributed by atoms with E-state index in [2.05, 4.69) is 222 Å². The maximum Gasteiger partial charge on any atom is 0.0353 e. The maximum absolute atomic E-state index is 4.79. The molecule has 0 spiro atoms. The zero-order valence-electron chi connectivity index (χ0n) is 36.5. The normalized spacial score (nSPS) is 14.2. The van der Waals surface area contributed by atoms with Crippen LogP contribution in [0, 0.1) is 0 Å². The zero-order chi connectivity index (χ0) is 42.9. The average molecular weight is 816 g/mol. The Morgan fingerprint density at radius 3 is 1.11 bits per heavy atom. The standard InChI is InChI=1S/C63H45N/c1-62(2)56-33-44(42-19-17-38-11-5-7-13-40(38)31-42)21-25-48(56)50-27-23-46(35-58(50)62)60-52-15-9-10-16-53(52)61(55-37-64-30-29-54(55)60)47-24-28-51-49-26-22-45(34-57(49)63(3,4)59(51)36-47)43-20-18-39-12-6-8-14-41(39)32-43/h5-37H,1-4H3. The molecule has 1 aromatic heterocycles. The summed E-state index contributed by atoms with van der Waals surface area (Å²) in [5.74, 6) is 0. The Morgan fingerprint density at radius 1 is 0.297 bits per heavy atom. The Kier molecular flexibility index (Phi) is 7.77. The van der Waals surface area contributed by atoms with E-state index in [-0.39, 0.29) is 10.8 Å². The summed E-state index contributed by atoms with van der Waals surface area (Å²) in [6.07, 6.45) is 4.05. The van der Waals surface area contributed by atoms with Crippen LogP contribution >= 0.6 is 0 Å². The van der Waals surface area contributed by atoms with Gasteiger partial charge in [-0.05, 0) is 169 Å². The number of benzene rings is 10. The molecule has 1 heteroatoms. The van der Waals surface area contributed by atoms with Crippen molar-refractivity contribution in [2.24, 2.45) is 0 Å². The molecule has 2 aliphatic carbocycles. The van der Waals surface area contributed by atoms with E-state index >= 15 is 0 Å². The van der Waals surface area contributed by atoms with Crippen molar-refractivity contribution in [2.75, 3.05) is 0 Å². The van der Waals surface area contributed by atoms with Crippen molar-refractivity contribution in [2.45, 2.75) is 38.5 Å². The van der Waals surface area contributed by atoms with Crippen LogP contribution in [0.1, 0.15) is 49.9 Å². The van der Waals surface area contributed by atoms with E-state index < -0.39 is 0 Å². The quantitative estimate of drug-likeness (QED) is 0.161. The second kappa shape index (κ2) is 13.4. The molecule has 2 aliphatic rings. The van der Waals surface area contributed by atoms with E-state index in [1.165, 1.54) is 132 Å². The number of rotatable bonds is 4. The van der Waals surface area contributed by atoms with Crippen LogP contribution in [0.3, 0.4) is 0 Å². The summed E-state index contributed by atoms with van der Waals surface area (Å²) >= 11 is 0. The fourth-order valence-corrected chi connectivity index (χ4v) is 11.5. The van der Waals surface area contributed by atoms with Crippen LogP contribution in [0.15, 0.2) is 200 Å². The van der Waals surface area contributed by atoms with Crippen molar-refractivity contribution in [1.29, 1.82) is 0 Å². The average Bonchev–Trinajstić information content (AvgIpc) is 3.70. The molecule has 0 bridgehead atoms. The molecular weight excluding hydrogens is 771 g/mol. The van der Waals surface area contributed by atoms with Gasteiger partial charge in [0, 0.05) is 28.6 Å². The van der Waals surface area contributed by atoms with Gasteiger partial charge in [0.2, 0.25) is 0 Å². The molecule has 0 saturated heterocycles. The summed E-state index contributed by atoms with van der Waals surface area (Å²) in [5, 5.41) is 9.97. The predicted octanol–water partition coefficient (Wildman–Crippen LogP) is 17.0. The molecule has 10 aromatic carbocycles. The third-order valence-corrected chi connectivity index (χ3v) is 14.9. The van der Waals surface area contributed by atoms with Crippen molar-refractivity contribution in [3.8, 4) is 66.8 Å². The van der Waals surface area contributed by atoms with Gasteiger partial charge in [0.1, 0.15) is 0 Å². The van der Waals surface area contributed by atoms with Gasteiger partial charge in [-0.3, -0.25) is 4.98 Å². The fraction of sp³-hybridized carbons (Fsp3) is 0.0952. The Hall–Kier alpha value is -7.61. The van der Waals surface area contributed by atoms with Crippen molar-refractivity contribution >= 4 is 43.1 Å². The lowest BCUT2D eigenvalue weighted by molar-refractivity contribution is 0.660. The van der Waals surface area contributed by atoms with Crippen molar-refractivity contribution in [3.05, 3.63) is 223 Å². The summed E-state index contributed by atoms with van der Waals surface area (Å²) in [5.41, 5.74) is 20.4. The molecule has 1 nitrogen and oxygen atoms in total. The third kappa shape index (κ3) is 5.34. The minimum absolute atomic E-state index is 0.175. The highest BCUT2D eigenvalue weighted by molar-refractivity contribution is 6.21. The molecular formula is C63H45N. The molecule has 0 radical (unpaired) electrons. The first-order valence-electron chi connectivity index (χ1n) is 22.6. The predicted molar refractivity (Wildman–Crippen MR) is 271 cm³/mol. The minimum atomic E-state index is -0.178. The van der Waals surface area contributed by atoms with Crippen LogP contribution < -0.4 is 0 Å². The van der Waals surface area contributed by atoms with E-state index in [9.17, 15) is 0 Å². The monoisotopic (exact) mass is 815 g/mol. The number of hydrogen-bond donors (Lipinski definition) is 0. The molecule has 0 unspecified atom stereocenters. The van der Waals surface area contributed by atoms with Gasteiger partial charge in [0.25, 0.3) is 0 Å². The van der Waals surface area contributed by atoms with Gasteiger partial charge in [-0.15, -0.1) is 0 Å². The lowest BCUT2D eigenvalue weighted by atomic mass is 9.79. The van der Waals surface area contributed by atoms with Gasteiger partial charge < -0.3 is 0 Å². The smallest absolute Gasteiger partial charge is 0.0353 e. The van der Waals surface area contributed by atoms with E-state index in [1.54, 1.807) is 0 Å². The SMILES string of the molecule is CC1(C)c2cc(-c3ccc4ccccc4c3)ccc2-c2ccc(-c3c4ccccc4c(-c4ccc5c(c4)C(C)(C)c4cc(-c6ccc7ccccc7c6)ccc4-5)c4cnccc34)cc21. The number of hydrogen-bond acceptors (Lipinski definition) is 1. The second-order valence-electron chi connectivity index (χ2n) is 19.1. The van der Waals surface area contributed by atoms with E-state index in [0.29, 0.717) is 0 Å². The van der Waals surface area contributed by atoms with Crippen LogP contribution in [-0.2, 0) is 10.8 Å². The van der Waals surface area contributed by atoms with Gasteiger partial charge >= 0.3 is 0 Å². The summed E-state index contributed by atoms with van der Waals surface area (Å²) in [6.45, 7) is 9.58. The third-order valence-electron chi connectivity index (χ3n) is 14.9. The number of pyridine rings is 1. The van der Waals surface area contributed by atoms with Gasteiger partial charge in [0.15, 0.2) is 0 Å². The van der Waals surface area contributed by atoms with E-state index in [4.69, 9.17) is 4.98 Å². The highest BCUT2D eigenvalue weighted by Gasteiger charge is 2.38. The molecule has 0 fully saturated rings. The largest absolute Gasteiger partial charge is 0.264 e. The van der Waals surface area contributed by atoms with E-state index in [1.807, 2.05) is 6.20 Å². The summed E-state index contributed by atoms with van der Waals surface area (Å²) in [7, 11) is 0. The molecule has 13 rings (SSSR count). The van der Waals surface area contributed by atoms with Crippen molar-refractivity contribution in [3.63, 3.8) is 0 Å². The van der Waals surface area contributed by atoms with Crippen molar-refractivity contribution in [1.82, 2.24) is 4.98 Å². The van der Waals surface area contributed by atoms with Gasteiger partial charge in [-0.2, -0.15) is 0 Å². The summed E-state index contributed by atoms with van der Waals surface area (Å²) < 4.78 is 0. The highest BCUT2D eigenvalue weighted by Crippen LogP contribution is 2.54. The molecule has 0 amide bonds. The first kappa shape index (κ1) is 37.0. The Bertz CT molecular complexity index is 3480. The molecule has 1 heterocycles. The van der Waals surface area contributed by atoms with Crippen LogP contribution in [0.4, 0.5) is 0 Å². The number of fused-ring (bicyclic) bond motifs is 10. The van der Waals surface area contributed by atoms with Crippen LogP contribution in [0.25, 0.3) is 110 Å². The molecule has 0 aliphatic heterocycles. The highest BCUT2D eigenvalue weighted by atomic mass is 14.6. The lowest BCUT2D eigenvalue weighted by Crippen LogP contribution is -2.15. The molecule has 0 saturated carbocycles. The van der Waals surface area contributed by atoms with Gasteiger partial charge in [-0.1, -0.05) is 173 Å². The zero-order valence-corrected chi connectivity index (χ0v) is 36.5. The number of aromatic nitrogens is 1. The molecule has 0 atom stereocenters. The summed E-state index contributed by atoms with van der Waals surface area (Å²) in [4.78, 5) is 4.79. The molecule has 11 aromatic rings. The topological polar surface area (TPSA) is 12.9 Å². The van der Waals surface area contributed by atoms with Crippen LogP contribution in [-0.4, -0.2) is 4.98 Å². The lowest BCUT2D eigenvalue weighted by Gasteiger charge is -2.24. The first-order valence-corrected chi connectivity index (χ1v) is 22.6.